The van der Waals surface area contributed by atoms with Gasteiger partial charge in [0, 0.05) is 18.3 Å². The summed E-state index contributed by atoms with van der Waals surface area (Å²) in [7, 11) is 0. The predicted octanol–water partition coefficient (Wildman–Crippen LogP) is 4.77. The van der Waals surface area contributed by atoms with E-state index >= 15 is 0 Å². The number of nitrogens with one attached hydrogen (secondary N) is 1. The van der Waals surface area contributed by atoms with Crippen LogP contribution >= 0.6 is 24.8 Å². The van der Waals surface area contributed by atoms with E-state index in [1.807, 2.05) is 42.5 Å². The number of ether oxygens (including phenoxy) is 1. The van der Waals surface area contributed by atoms with Crippen molar-refractivity contribution in [3.8, 4) is 11.3 Å². The first-order chi connectivity index (χ1) is 15.2. The molecule has 5 rings (SSSR count). The van der Waals surface area contributed by atoms with Crippen LogP contribution in [0.2, 0.25) is 0 Å². The molecule has 1 N–H and O–H groups in total. The molecule has 1 aliphatic heterocycles. The van der Waals surface area contributed by atoms with Gasteiger partial charge in [-0.15, -0.1) is 40.1 Å². The van der Waals surface area contributed by atoms with Gasteiger partial charge in [0.25, 0.3) is 0 Å². The number of carbonyl (C=O) groups is 1. The van der Waals surface area contributed by atoms with E-state index in [0.29, 0.717) is 18.3 Å². The zero-order valence-electron chi connectivity index (χ0n) is 18.0. The minimum absolute atomic E-state index is 0. The molecule has 1 saturated heterocycles. The highest BCUT2D eigenvalue weighted by molar-refractivity contribution is 5.89. The van der Waals surface area contributed by atoms with Crippen LogP contribution in [0, 0.1) is 5.92 Å². The Kier molecular flexibility index (Phi) is 8.05. The third kappa shape index (κ3) is 5.51. The summed E-state index contributed by atoms with van der Waals surface area (Å²) in [4.78, 5) is 14.0. The lowest BCUT2D eigenvalue weighted by molar-refractivity contribution is 0.0148. The third-order valence-corrected chi connectivity index (χ3v) is 6.13. The molecule has 33 heavy (non-hydrogen) atoms. The first-order valence-electron chi connectivity index (χ1n) is 10.6. The van der Waals surface area contributed by atoms with E-state index in [1.54, 1.807) is 23.2 Å². The van der Waals surface area contributed by atoms with Crippen molar-refractivity contribution in [2.24, 2.45) is 5.92 Å². The molecular weight excluding hydrogens is 463 g/mol. The van der Waals surface area contributed by atoms with Gasteiger partial charge in [-0.25, -0.2) is 4.79 Å². The molecule has 3 aromatic rings. The Morgan fingerprint density at radius 1 is 0.970 bits per heavy atom. The lowest BCUT2D eigenvalue weighted by atomic mass is 9.78. The largest absolute Gasteiger partial charge is 0.441 e. The second kappa shape index (κ2) is 10.8. The molecule has 0 bridgehead atoms. The minimum Gasteiger partial charge on any atom is -0.441 e. The number of rotatable bonds is 5. The third-order valence-electron chi connectivity index (χ3n) is 6.13. The molecule has 1 aliphatic carbocycles. The summed E-state index contributed by atoms with van der Waals surface area (Å²) in [6, 6.07) is 17.5. The zero-order valence-corrected chi connectivity index (χ0v) is 19.6. The van der Waals surface area contributed by atoms with Gasteiger partial charge < -0.3 is 10.1 Å². The fraction of sp³-hybridized carbons (Fsp3) is 0.348. The van der Waals surface area contributed by atoms with Crippen LogP contribution in [-0.4, -0.2) is 45.2 Å². The van der Waals surface area contributed by atoms with Crippen LogP contribution in [-0.2, 0) is 4.74 Å². The van der Waals surface area contributed by atoms with E-state index < -0.39 is 5.60 Å². The van der Waals surface area contributed by atoms with E-state index in [1.165, 1.54) is 0 Å². The lowest BCUT2D eigenvalue weighted by Crippen LogP contribution is -2.39. The Hall–Kier alpha value is -2.97. The molecule has 0 radical (unpaired) electrons. The second-order valence-electron chi connectivity index (χ2n) is 8.21. The van der Waals surface area contributed by atoms with Gasteiger partial charge in [0.1, 0.15) is 11.4 Å². The molecule has 1 amide bonds. The number of hydrogen-bond donors (Lipinski definition) is 1. The number of aromatic nitrogens is 4. The average molecular weight is 489 g/mol. The van der Waals surface area contributed by atoms with Gasteiger partial charge in [-0.3, -0.25) is 4.90 Å². The summed E-state index contributed by atoms with van der Waals surface area (Å²) < 4.78 is 5.80. The Balaban J connectivity index is 0.00000153. The molecule has 2 aliphatic rings. The normalized spacial score (nSPS) is 21.6. The molecule has 1 saturated carbocycles. The maximum Gasteiger partial charge on any atom is 0.416 e. The average Bonchev–Trinajstić information content (AvgIpc) is 3.16. The molecule has 2 aromatic heterocycles. The summed E-state index contributed by atoms with van der Waals surface area (Å²) in [5, 5.41) is 20.0. The maximum atomic E-state index is 12.4. The van der Waals surface area contributed by atoms with Gasteiger partial charge >= 0.3 is 6.09 Å². The monoisotopic (exact) mass is 488 g/mol. The number of carbonyl (C=O) groups excluding carboxylic acids is 1. The molecule has 0 atom stereocenters. The summed E-state index contributed by atoms with van der Waals surface area (Å²) in [6.45, 7) is 1.37. The van der Waals surface area contributed by atoms with Crippen molar-refractivity contribution < 1.29 is 9.53 Å². The Morgan fingerprint density at radius 2 is 1.76 bits per heavy atom. The summed E-state index contributed by atoms with van der Waals surface area (Å²) in [6.07, 6.45) is 4.94. The summed E-state index contributed by atoms with van der Waals surface area (Å²) >= 11 is 0. The Morgan fingerprint density at radius 3 is 2.42 bits per heavy atom. The fourth-order valence-electron chi connectivity index (χ4n) is 4.34. The molecule has 10 heteroatoms. The standard InChI is InChI=1S/C23H24N6O2.2ClH/c30-22-29(21-7-4-14-25-28-21)16-23(31-22)12-10-17(11-13-23)15-24-20-9-8-19(26-27-20)18-5-2-1-3-6-18;;/h1-9,14,17H,10-13,15-16H2,(H,24,27);2*1H. The van der Waals surface area contributed by atoms with Crippen molar-refractivity contribution in [3.63, 3.8) is 0 Å². The maximum absolute atomic E-state index is 12.4. The SMILES string of the molecule is Cl.Cl.O=C1OC2(CCC(CNc3ccc(-c4ccccc4)nn3)CC2)CN1c1cccnn1. The highest BCUT2D eigenvalue weighted by atomic mass is 35.5. The quantitative estimate of drug-likeness (QED) is 0.552. The van der Waals surface area contributed by atoms with E-state index in [0.717, 1.165) is 49.3 Å². The zero-order chi connectivity index (χ0) is 21.1. The van der Waals surface area contributed by atoms with Crippen molar-refractivity contribution in [3.05, 3.63) is 60.8 Å². The van der Waals surface area contributed by atoms with Crippen LogP contribution in [0.3, 0.4) is 0 Å². The number of benzene rings is 1. The van der Waals surface area contributed by atoms with Crippen LogP contribution in [0.4, 0.5) is 16.4 Å². The van der Waals surface area contributed by atoms with E-state index in [-0.39, 0.29) is 30.9 Å². The van der Waals surface area contributed by atoms with Gasteiger partial charge in [0.05, 0.1) is 12.2 Å². The van der Waals surface area contributed by atoms with Crippen LogP contribution < -0.4 is 10.2 Å². The highest BCUT2D eigenvalue weighted by Gasteiger charge is 2.48. The molecular formula is C23H26Cl2N6O2. The topological polar surface area (TPSA) is 93.1 Å². The van der Waals surface area contributed by atoms with Gasteiger partial charge in [0.15, 0.2) is 5.82 Å². The number of anilines is 2. The minimum atomic E-state index is -0.414. The highest BCUT2D eigenvalue weighted by Crippen LogP contribution is 2.40. The van der Waals surface area contributed by atoms with Gasteiger partial charge in [0.2, 0.25) is 0 Å². The number of nitrogens with zero attached hydrogens (tertiary/aromatic N) is 5. The molecule has 3 heterocycles. The van der Waals surface area contributed by atoms with Gasteiger partial charge in [-0.05, 0) is 55.9 Å². The molecule has 2 fully saturated rings. The molecule has 1 aromatic carbocycles. The van der Waals surface area contributed by atoms with Crippen LogP contribution in [0.15, 0.2) is 60.8 Å². The van der Waals surface area contributed by atoms with Crippen LogP contribution in [0.1, 0.15) is 25.7 Å². The van der Waals surface area contributed by atoms with Crippen LogP contribution in [0.25, 0.3) is 11.3 Å². The van der Waals surface area contributed by atoms with Crippen LogP contribution in [0.5, 0.6) is 0 Å². The van der Waals surface area contributed by atoms with Crippen molar-refractivity contribution in [2.75, 3.05) is 23.3 Å². The second-order valence-corrected chi connectivity index (χ2v) is 8.21. The van der Waals surface area contributed by atoms with E-state index in [4.69, 9.17) is 4.74 Å². The molecule has 8 nitrogen and oxygen atoms in total. The number of amides is 1. The van der Waals surface area contributed by atoms with E-state index in [2.05, 4.69) is 25.7 Å². The van der Waals surface area contributed by atoms with Gasteiger partial charge in [-0.1, -0.05) is 30.3 Å². The van der Waals surface area contributed by atoms with E-state index in [9.17, 15) is 4.79 Å². The summed E-state index contributed by atoms with van der Waals surface area (Å²) in [5.74, 6) is 1.83. The molecule has 0 unspecified atom stereocenters. The summed E-state index contributed by atoms with van der Waals surface area (Å²) in [5.41, 5.74) is 1.50. The lowest BCUT2D eigenvalue weighted by Gasteiger charge is -2.35. The Bertz CT molecular complexity index is 1030. The van der Waals surface area contributed by atoms with Crippen molar-refractivity contribution in [1.82, 2.24) is 20.4 Å². The Labute approximate surface area is 205 Å². The molecule has 174 valence electrons. The number of halogens is 2. The van der Waals surface area contributed by atoms with Gasteiger partial charge in [-0.2, -0.15) is 5.10 Å². The first-order valence-corrected chi connectivity index (χ1v) is 10.6. The fourth-order valence-corrected chi connectivity index (χ4v) is 4.34. The van der Waals surface area contributed by atoms with Crippen molar-refractivity contribution in [2.45, 2.75) is 31.3 Å². The van der Waals surface area contributed by atoms with Crippen molar-refractivity contribution >= 4 is 42.5 Å². The first kappa shape index (κ1) is 24.7. The predicted molar refractivity (Wildman–Crippen MR) is 131 cm³/mol. The molecule has 1 spiro atoms. The number of hydrogen-bond acceptors (Lipinski definition) is 7. The van der Waals surface area contributed by atoms with Crippen molar-refractivity contribution in [1.29, 1.82) is 0 Å². The smallest absolute Gasteiger partial charge is 0.416 e.